The Kier molecular flexibility index (Phi) is 6.47. The Morgan fingerprint density at radius 1 is 1.00 bits per heavy atom. The van der Waals surface area contributed by atoms with Crippen LogP contribution in [-0.2, 0) is 6.54 Å². The van der Waals surface area contributed by atoms with Crippen molar-refractivity contribution in [3.05, 3.63) is 89.1 Å². The highest BCUT2D eigenvalue weighted by molar-refractivity contribution is 7.14. The molecule has 0 aliphatic carbocycles. The van der Waals surface area contributed by atoms with Gasteiger partial charge in [-0.2, -0.15) is 0 Å². The fourth-order valence-corrected chi connectivity index (χ4v) is 4.21. The minimum atomic E-state index is -0.207. The molecule has 162 valence electrons. The van der Waals surface area contributed by atoms with E-state index in [1.54, 1.807) is 37.4 Å². The molecule has 32 heavy (non-hydrogen) atoms. The third-order valence-corrected chi connectivity index (χ3v) is 5.95. The van der Waals surface area contributed by atoms with E-state index in [-0.39, 0.29) is 5.91 Å². The summed E-state index contributed by atoms with van der Waals surface area (Å²) in [5.74, 6) is 0.977. The Morgan fingerprint density at radius 3 is 2.31 bits per heavy atom. The zero-order valence-corrected chi connectivity index (χ0v) is 18.9. The Morgan fingerprint density at radius 2 is 1.69 bits per heavy atom. The first-order chi connectivity index (χ1) is 15.6. The molecule has 0 aliphatic rings. The molecule has 4 rings (SSSR count). The average Bonchev–Trinajstić information content (AvgIpc) is 3.33. The summed E-state index contributed by atoms with van der Waals surface area (Å²) in [6.45, 7) is 2.18. The van der Waals surface area contributed by atoms with Crippen molar-refractivity contribution in [2.24, 2.45) is 0 Å². The van der Waals surface area contributed by atoms with Gasteiger partial charge in [0, 0.05) is 28.3 Å². The molecule has 0 saturated carbocycles. The van der Waals surface area contributed by atoms with Crippen molar-refractivity contribution in [3.8, 4) is 22.8 Å². The molecular weight excluding hydrogens is 422 g/mol. The quantitative estimate of drug-likeness (QED) is 0.382. The molecule has 2 aromatic heterocycles. The van der Waals surface area contributed by atoms with Crippen LogP contribution in [0, 0.1) is 6.92 Å². The predicted molar refractivity (Wildman–Crippen MR) is 127 cm³/mol. The molecule has 0 aliphatic heterocycles. The van der Waals surface area contributed by atoms with Crippen molar-refractivity contribution < 1.29 is 14.3 Å². The molecule has 6 nitrogen and oxygen atoms in total. The standard InChI is InChI=1S/C25H23N3O3S/c1-17-22(30-2)13-19(14-23(17)31-3)24(29)28(15-20-11-7-8-12-26-20)25-27-21(16-32-25)18-9-5-4-6-10-18/h4-14,16H,15H2,1-3H3. The average molecular weight is 446 g/mol. The highest BCUT2D eigenvalue weighted by Gasteiger charge is 2.24. The van der Waals surface area contributed by atoms with Crippen molar-refractivity contribution in [3.63, 3.8) is 0 Å². The van der Waals surface area contributed by atoms with Crippen molar-refractivity contribution in [1.82, 2.24) is 9.97 Å². The van der Waals surface area contributed by atoms with E-state index in [1.807, 2.05) is 60.8 Å². The summed E-state index contributed by atoms with van der Waals surface area (Å²) in [6.07, 6.45) is 1.72. The Balaban J connectivity index is 1.75. The Bertz CT molecular complexity index is 1180. The Hall–Kier alpha value is -3.71. The number of carbonyl (C=O) groups excluding carboxylic acids is 1. The van der Waals surface area contributed by atoms with Crippen LogP contribution in [0.1, 0.15) is 21.6 Å². The lowest BCUT2D eigenvalue weighted by Crippen LogP contribution is -2.30. The topological polar surface area (TPSA) is 64.5 Å². The third-order valence-electron chi connectivity index (χ3n) is 5.08. The summed E-state index contributed by atoms with van der Waals surface area (Å²) in [4.78, 5) is 24.5. The molecule has 7 heteroatoms. The van der Waals surface area contributed by atoms with Gasteiger partial charge in [0.15, 0.2) is 5.13 Å². The summed E-state index contributed by atoms with van der Waals surface area (Å²) < 4.78 is 10.9. The minimum absolute atomic E-state index is 0.207. The number of hydrogen-bond donors (Lipinski definition) is 0. The SMILES string of the molecule is COc1cc(C(=O)N(Cc2ccccn2)c2nc(-c3ccccc3)cs2)cc(OC)c1C. The van der Waals surface area contributed by atoms with Gasteiger partial charge in [0.1, 0.15) is 11.5 Å². The second-order valence-corrected chi connectivity index (χ2v) is 7.94. The zero-order chi connectivity index (χ0) is 22.5. The maximum absolute atomic E-state index is 13.7. The molecule has 0 saturated heterocycles. The predicted octanol–water partition coefficient (Wildman–Crippen LogP) is 5.38. The fraction of sp³-hybridized carbons (Fsp3) is 0.160. The number of benzene rings is 2. The number of ether oxygens (including phenoxy) is 2. The van der Waals surface area contributed by atoms with Crippen LogP contribution in [0.2, 0.25) is 0 Å². The molecular formula is C25H23N3O3S. The molecule has 2 aromatic carbocycles. The second kappa shape index (κ2) is 9.62. The van der Waals surface area contributed by atoms with E-state index in [0.29, 0.717) is 28.7 Å². The number of anilines is 1. The van der Waals surface area contributed by atoms with E-state index in [0.717, 1.165) is 22.5 Å². The number of aromatic nitrogens is 2. The van der Waals surface area contributed by atoms with Crippen LogP contribution in [0.3, 0.4) is 0 Å². The third kappa shape index (κ3) is 4.48. The van der Waals surface area contributed by atoms with Crippen LogP contribution in [0.15, 0.2) is 72.2 Å². The van der Waals surface area contributed by atoms with Gasteiger partial charge in [0.05, 0.1) is 32.2 Å². The highest BCUT2D eigenvalue weighted by Crippen LogP contribution is 2.33. The molecule has 2 heterocycles. The monoisotopic (exact) mass is 445 g/mol. The molecule has 0 unspecified atom stereocenters. The lowest BCUT2D eigenvalue weighted by molar-refractivity contribution is 0.0984. The maximum Gasteiger partial charge on any atom is 0.260 e. The number of methoxy groups -OCH3 is 2. The summed E-state index contributed by atoms with van der Waals surface area (Å²) in [6, 6.07) is 19.0. The summed E-state index contributed by atoms with van der Waals surface area (Å²) in [5.41, 5.74) is 3.88. The minimum Gasteiger partial charge on any atom is -0.496 e. The number of carbonyl (C=O) groups is 1. The summed E-state index contributed by atoms with van der Waals surface area (Å²) >= 11 is 1.42. The largest absolute Gasteiger partial charge is 0.496 e. The van der Waals surface area contributed by atoms with Crippen LogP contribution in [0.5, 0.6) is 11.5 Å². The number of pyridine rings is 1. The fourth-order valence-electron chi connectivity index (χ4n) is 3.38. The van der Waals surface area contributed by atoms with E-state index >= 15 is 0 Å². The molecule has 1 amide bonds. The molecule has 0 bridgehead atoms. The van der Waals surface area contributed by atoms with Crippen molar-refractivity contribution in [2.75, 3.05) is 19.1 Å². The number of rotatable bonds is 7. The van der Waals surface area contributed by atoms with Crippen LogP contribution in [0.4, 0.5) is 5.13 Å². The summed E-state index contributed by atoms with van der Waals surface area (Å²) in [7, 11) is 3.16. The van der Waals surface area contributed by atoms with Gasteiger partial charge in [-0.1, -0.05) is 36.4 Å². The van der Waals surface area contributed by atoms with E-state index in [2.05, 4.69) is 4.98 Å². The smallest absolute Gasteiger partial charge is 0.260 e. The molecule has 0 spiro atoms. The van der Waals surface area contributed by atoms with Gasteiger partial charge >= 0.3 is 0 Å². The molecule has 0 atom stereocenters. The number of thiazole rings is 1. The first-order valence-corrected chi connectivity index (χ1v) is 10.9. The Labute approximate surface area is 191 Å². The second-order valence-electron chi connectivity index (χ2n) is 7.10. The van der Waals surface area contributed by atoms with Crippen LogP contribution < -0.4 is 14.4 Å². The van der Waals surface area contributed by atoms with Gasteiger partial charge in [0.25, 0.3) is 5.91 Å². The lowest BCUT2D eigenvalue weighted by Gasteiger charge is -2.21. The van der Waals surface area contributed by atoms with Crippen molar-refractivity contribution in [1.29, 1.82) is 0 Å². The van der Waals surface area contributed by atoms with Gasteiger partial charge in [-0.05, 0) is 31.2 Å². The first-order valence-electron chi connectivity index (χ1n) is 10.1. The van der Waals surface area contributed by atoms with Crippen molar-refractivity contribution in [2.45, 2.75) is 13.5 Å². The molecule has 4 aromatic rings. The van der Waals surface area contributed by atoms with Crippen LogP contribution in [0.25, 0.3) is 11.3 Å². The van der Waals surface area contributed by atoms with Gasteiger partial charge < -0.3 is 9.47 Å². The van der Waals surface area contributed by atoms with Gasteiger partial charge in [-0.3, -0.25) is 14.7 Å². The zero-order valence-electron chi connectivity index (χ0n) is 18.1. The van der Waals surface area contributed by atoms with Crippen LogP contribution >= 0.6 is 11.3 Å². The van der Waals surface area contributed by atoms with E-state index < -0.39 is 0 Å². The number of nitrogens with zero attached hydrogens (tertiary/aromatic N) is 3. The number of amides is 1. The lowest BCUT2D eigenvalue weighted by atomic mass is 10.1. The van der Waals surface area contributed by atoms with Gasteiger partial charge in [0.2, 0.25) is 0 Å². The molecule has 0 fully saturated rings. The molecule has 0 radical (unpaired) electrons. The van der Waals surface area contributed by atoms with Crippen LogP contribution in [-0.4, -0.2) is 30.1 Å². The van der Waals surface area contributed by atoms with E-state index in [4.69, 9.17) is 14.5 Å². The van der Waals surface area contributed by atoms with E-state index in [1.165, 1.54) is 11.3 Å². The highest BCUT2D eigenvalue weighted by atomic mass is 32.1. The van der Waals surface area contributed by atoms with E-state index in [9.17, 15) is 4.79 Å². The van der Waals surface area contributed by atoms with Crippen molar-refractivity contribution >= 4 is 22.4 Å². The normalized spacial score (nSPS) is 10.6. The summed E-state index contributed by atoms with van der Waals surface area (Å²) in [5, 5.41) is 2.55. The molecule has 0 N–H and O–H groups in total. The van der Waals surface area contributed by atoms with Gasteiger partial charge in [-0.25, -0.2) is 4.98 Å². The van der Waals surface area contributed by atoms with Gasteiger partial charge in [-0.15, -0.1) is 11.3 Å². The number of hydrogen-bond acceptors (Lipinski definition) is 6. The maximum atomic E-state index is 13.7. The first kappa shape index (κ1) is 21.5.